The SMILES string of the molecule is BC(B)(B)n1cc(Nc2ncc(-c3ccc(CC(=O)Nc4cc(C5(C(F)(F)F)CC5)on4)c(F)c3)cn2)c(OC)n1. The summed E-state index contributed by atoms with van der Waals surface area (Å²) in [5.41, 5.74) is -0.356. The van der Waals surface area contributed by atoms with Crippen molar-refractivity contribution in [2.24, 2.45) is 0 Å². The van der Waals surface area contributed by atoms with Gasteiger partial charge in [0.1, 0.15) is 40.5 Å². The Morgan fingerprint density at radius 2 is 1.85 bits per heavy atom. The molecule has 0 spiro atoms. The number of ether oxygens (including phenoxy) is 1. The molecule has 0 unspecified atom stereocenters. The van der Waals surface area contributed by atoms with Crippen LogP contribution in [-0.4, -0.2) is 67.6 Å². The molecule has 0 aliphatic heterocycles. The molecule has 210 valence electrons. The van der Waals surface area contributed by atoms with E-state index in [-0.39, 0.29) is 47.6 Å². The van der Waals surface area contributed by atoms with Gasteiger partial charge in [-0.1, -0.05) is 17.3 Å². The van der Waals surface area contributed by atoms with Crippen molar-refractivity contribution < 1.29 is 31.6 Å². The van der Waals surface area contributed by atoms with E-state index in [4.69, 9.17) is 9.26 Å². The summed E-state index contributed by atoms with van der Waals surface area (Å²) in [5, 5.41) is 13.1. The van der Waals surface area contributed by atoms with E-state index in [1.54, 1.807) is 16.9 Å². The first-order valence-corrected chi connectivity index (χ1v) is 12.6. The highest BCUT2D eigenvalue weighted by Crippen LogP contribution is 2.59. The Morgan fingerprint density at radius 1 is 1.15 bits per heavy atom. The molecule has 1 aliphatic rings. The van der Waals surface area contributed by atoms with Crippen molar-refractivity contribution in [3.05, 3.63) is 60.0 Å². The number of nitrogens with one attached hydrogen (secondary N) is 2. The first-order valence-electron chi connectivity index (χ1n) is 12.6. The van der Waals surface area contributed by atoms with E-state index < -0.39 is 23.3 Å². The number of anilines is 3. The van der Waals surface area contributed by atoms with Crippen molar-refractivity contribution in [2.75, 3.05) is 17.7 Å². The van der Waals surface area contributed by atoms with Gasteiger partial charge in [0.2, 0.25) is 11.9 Å². The van der Waals surface area contributed by atoms with Crippen molar-refractivity contribution in [1.29, 1.82) is 0 Å². The van der Waals surface area contributed by atoms with Crippen LogP contribution in [0.15, 0.2) is 47.4 Å². The third kappa shape index (κ3) is 5.79. The monoisotopic (exact) mass is 567 g/mol. The Labute approximate surface area is 234 Å². The number of carbonyl (C=O) groups is 1. The smallest absolute Gasteiger partial charge is 0.401 e. The Kier molecular flexibility index (Phi) is 7.08. The maximum absolute atomic E-state index is 14.9. The number of halogens is 4. The minimum Gasteiger partial charge on any atom is -0.478 e. The molecule has 0 saturated heterocycles. The predicted molar refractivity (Wildman–Crippen MR) is 149 cm³/mol. The zero-order valence-corrected chi connectivity index (χ0v) is 22.6. The molecule has 3 aromatic heterocycles. The molecule has 0 atom stereocenters. The van der Waals surface area contributed by atoms with Gasteiger partial charge in [0, 0.05) is 24.0 Å². The number of carbonyl (C=O) groups excluding carboxylic acids is 1. The van der Waals surface area contributed by atoms with Crippen molar-refractivity contribution in [3.63, 3.8) is 0 Å². The van der Waals surface area contributed by atoms with Gasteiger partial charge in [0.05, 0.1) is 19.7 Å². The number of hydrogen-bond donors (Lipinski definition) is 2. The maximum atomic E-state index is 14.9. The molecule has 5 rings (SSSR count). The highest BCUT2D eigenvalue weighted by molar-refractivity contribution is 6.56. The molecule has 17 heteroatoms. The van der Waals surface area contributed by atoms with Crippen LogP contribution in [0.5, 0.6) is 5.88 Å². The van der Waals surface area contributed by atoms with E-state index in [0.717, 1.165) is 6.07 Å². The van der Waals surface area contributed by atoms with Crippen LogP contribution in [0.3, 0.4) is 0 Å². The number of rotatable bonds is 9. The summed E-state index contributed by atoms with van der Waals surface area (Å²) in [6, 6.07) is 5.36. The molecule has 41 heavy (non-hydrogen) atoms. The average Bonchev–Trinajstić information content (AvgIpc) is 3.43. The van der Waals surface area contributed by atoms with Gasteiger partial charge < -0.3 is 19.9 Å². The van der Waals surface area contributed by atoms with Gasteiger partial charge in [0.15, 0.2) is 11.6 Å². The molecule has 10 nitrogen and oxygen atoms in total. The molecule has 3 heterocycles. The number of alkyl halides is 3. The van der Waals surface area contributed by atoms with Crippen LogP contribution in [0.4, 0.5) is 35.0 Å². The number of hydrogen-bond acceptors (Lipinski definition) is 8. The Morgan fingerprint density at radius 3 is 2.44 bits per heavy atom. The standard InChI is InChI=1S/C24H24B3F4N7O3/c1-40-20-16(11-38(36-20)24(25,26)27)34-21-32-9-14(10-33-21)12-2-3-13(15(28)6-12)7-19(39)35-18-8-17(41-37-18)22(4-5-22)23(29,30)31/h2-3,6,8-11H,4-5,7,25-27H2,1H3,(H,32,33,34)(H,35,37,39). The molecule has 1 aliphatic carbocycles. The van der Waals surface area contributed by atoms with Crippen LogP contribution in [0.25, 0.3) is 11.1 Å². The van der Waals surface area contributed by atoms with E-state index in [0.29, 0.717) is 22.7 Å². The minimum absolute atomic E-state index is 0.0890. The summed E-state index contributed by atoms with van der Waals surface area (Å²) in [4.78, 5) is 21.0. The fourth-order valence-corrected chi connectivity index (χ4v) is 4.18. The van der Waals surface area contributed by atoms with Crippen molar-refractivity contribution >= 4 is 46.9 Å². The van der Waals surface area contributed by atoms with Gasteiger partial charge in [-0.15, -0.1) is 5.10 Å². The number of aromatic nitrogens is 5. The molecule has 0 radical (unpaired) electrons. The molecule has 1 saturated carbocycles. The predicted octanol–water partition coefficient (Wildman–Crippen LogP) is 1.46. The quantitative estimate of drug-likeness (QED) is 0.231. The lowest BCUT2D eigenvalue weighted by Gasteiger charge is -2.18. The van der Waals surface area contributed by atoms with Gasteiger partial charge in [0.25, 0.3) is 5.88 Å². The van der Waals surface area contributed by atoms with Crippen LogP contribution in [0.2, 0.25) is 0 Å². The molecular formula is C24H24B3F4N7O3. The third-order valence-corrected chi connectivity index (χ3v) is 6.74. The van der Waals surface area contributed by atoms with Crippen LogP contribution >= 0.6 is 0 Å². The van der Waals surface area contributed by atoms with E-state index >= 15 is 0 Å². The van der Waals surface area contributed by atoms with E-state index in [9.17, 15) is 22.4 Å². The lowest BCUT2D eigenvalue weighted by Crippen LogP contribution is -2.35. The van der Waals surface area contributed by atoms with Gasteiger partial charge in [-0.25, -0.2) is 14.4 Å². The van der Waals surface area contributed by atoms with Crippen LogP contribution in [0, 0.1) is 5.82 Å². The number of benzene rings is 1. The average molecular weight is 567 g/mol. The minimum atomic E-state index is -4.47. The van der Waals surface area contributed by atoms with Gasteiger partial charge in [-0.3, -0.25) is 9.48 Å². The highest BCUT2D eigenvalue weighted by Gasteiger charge is 2.66. The summed E-state index contributed by atoms with van der Waals surface area (Å²) >= 11 is 0. The third-order valence-electron chi connectivity index (χ3n) is 6.74. The Balaban J connectivity index is 1.22. The molecule has 2 N–H and O–H groups in total. The van der Waals surface area contributed by atoms with Crippen LogP contribution < -0.4 is 15.4 Å². The highest BCUT2D eigenvalue weighted by atomic mass is 19.4. The van der Waals surface area contributed by atoms with E-state index in [1.807, 2.05) is 23.5 Å². The summed E-state index contributed by atoms with van der Waals surface area (Å²) in [7, 11) is 7.52. The summed E-state index contributed by atoms with van der Waals surface area (Å²) < 4.78 is 66.6. The zero-order valence-electron chi connectivity index (χ0n) is 22.6. The second kappa shape index (κ2) is 10.3. The van der Waals surface area contributed by atoms with Crippen molar-refractivity contribution in [2.45, 2.75) is 36.1 Å². The van der Waals surface area contributed by atoms with E-state index in [2.05, 4.69) is 30.9 Å². The molecule has 1 amide bonds. The molecule has 1 fully saturated rings. The Hall–Kier alpha value is -4.30. The first-order chi connectivity index (χ1) is 19.3. The lowest BCUT2D eigenvalue weighted by molar-refractivity contribution is -0.165. The number of amides is 1. The second-order valence-corrected chi connectivity index (χ2v) is 10.8. The molecule has 1 aromatic carbocycles. The van der Waals surface area contributed by atoms with Gasteiger partial charge >= 0.3 is 6.18 Å². The van der Waals surface area contributed by atoms with Gasteiger partial charge in [-0.2, -0.15) is 13.2 Å². The fraction of sp³-hybridized carbons (Fsp3) is 0.292. The van der Waals surface area contributed by atoms with Crippen LogP contribution in [-0.2, 0) is 21.9 Å². The summed E-state index contributed by atoms with van der Waals surface area (Å²) in [6.07, 6.45) is -0.196. The molecular weight excluding hydrogens is 543 g/mol. The van der Waals surface area contributed by atoms with Gasteiger partial charge in [-0.05, 0) is 35.3 Å². The van der Waals surface area contributed by atoms with Crippen molar-refractivity contribution in [3.8, 4) is 17.0 Å². The number of methoxy groups -OCH3 is 1. The lowest BCUT2D eigenvalue weighted by atomic mass is 9.49. The first kappa shape index (κ1) is 28.2. The zero-order chi connectivity index (χ0) is 29.6. The van der Waals surface area contributed by atoms with Crippen molar-refractivity contribution in [1.82, 2.24) is 24.9 Å². The largest absolute Gasteiger partial charge is 0.478 e. The maximum Gasteiger partial charge on any atom is 0.401 e. The number of nitrogens with zero attached hydrogens (tertiary/aromatic N) is 5. The molecule has 0 bridgehead atoms. The fourth-order valence-electron chi connectivity index (χ4n) is 4.18. The second-order valence-electron chi connectivity index (χ2n) is 10.8. The molecule has 4 aromatic rings. The Bertz CT molecular complexity index is 1580. The van der Waals surface area contributed by atoms with E-state index in [1.165, 1.54) is 31.6 Å². The van der Waals surface area contributed by atoms with Crippen LogP contribution in [0.1, 0.15) is 24.2 Å². The summed E-state index contributed by atoms with van der Waals surface area (Å²) in [5.74, 6) is -1.14. The topological polar surface area (TPSA) is 120 Å². The normalized spacial score (nSPS) is 14.5. The summed E-state index contributed by atoms with van der Waals surface area (Å²) in [6.45, 7) is 0.